The lowest BCUT2D eigenvalue weighted by atomic mass is 10.1. The summed E-state index contributed by atoms with van der Waals surface area (Å²) in [6.45, 7) is 6.36. The predicted molar refractivity (Wildman–Crippen MR) is 66.6 cm³/mol. The first-order valence-corrected chi connectivity index (χ1v) is 5.91. The SMILES string of the molecule is CCCOc1ccc(C(=O)C(C)Cl)cc1C. The molecule has 1 aromatic rings. The van der Waals surface area contributed by atoms with Crippen molar-refractivity contribution >= 4 is 17.4 Å². The van der Waals surface area contributed by atoms with Gasteiger partial charge in [-0.2, -0.15) is 0 Å². The van der Waals surface area contributed by atoms with Gasteiger partial charge in [0.2, 0.25) is 0 Å². The molecule has 1 atom stereocenters. The second-order valence-electron chi connectivity index (χ2n) is 3.81. The van der Waals surface area contributed by atoms with Gasteiger partial charge in [0.1, 0.15) is 5.75 Å². The maximum Gasteiger partial charge on any atom is 0.180 e. The fourth-order valence-corrected chi connectivity index (χ4v) is 1.53. The number of halogens is 1. The Hall–Kier alpha value is -1.02. The zero-order valence-corrected chi connectivity index (χ0v) is 10.7. The van der Waals surface area contributed by atoms with Gasteiger partial charge in [0, 0.05) is 5.56 Å². The summed E-state index contributed by atoms with van der Waals surface area (Å²) in [5, 5.41) is -0.484. The number of ketones is 1. The van der Waals surface area contributed by atoms with Crippen LogP contribution < -0.4 is 4.74 Å². The molecular weight excluding hydrogens is 224 g/mol. The van der Waals surface area contributed by atoms with E-state index in [1.807, 2.05) is 19.1 Å². The van der Waals surface area contributed by atoms with E-state index in [1.54, 1.807) is 13.0 Å². The zero-order chi connectivity index (χ0) is 12.1. The highest BCUT2D eigenvalue weighted by Crippen LogP contribution is 2.20. The Morgan fingerprint density at radius 3 is 2.69 bits per heavy atom. The van der Waals surface area contributed by atoms with Crippen LogP contribution in [0.3, 0.4) is 0 Å². The largest absolute Gasteiger partial charge is 0.493 e. The molecule has 0 amide bonds. The van der Waals surface area contributed by atoms with Crippen molar-refractivity contribution in [2.24, 2.45) is 0 Å². The van der Waals surface area contributed by atoms with Gasteiger partial charge in [-0.15, -0.1) is 11.6 Å². The van der Waals surface area contributed by atoms with Gasteiger partial charge < -0.3 is 4.74 Å². The zero-order valence-electron chi connectivity index (χ0n) is 9.92. The Kier molecular flexibility index (Phi) is 4.81. The molecule has 0 bridgehead atoms. The van der Waals surface area contributed by atoms with Gasteiger partial charge in [-0.3, -0.25) is 4.79 Å². The molecule has 3 heteroatoms. The summed E-state index contributed by atoms with van der Waals surface area (Å²) in [5.41, 5.74) is 1.61. The van der Waals surface area contributed by atoms with Crippen molar-refractivity contribution in [3.63, 3.8) is 0 Å². The van der Waals surface area contributed by atoms with Crippen molar-refractivity contribution < 1.29 is 9.53 Å². The summed E-state index contributed by atoms with van der Waals surface area (Å²) in [6.07, 6.45) is 0.971. The number of alkyl halides is 1. The van der Waals surface area contributed by atoms with Crippen molar-refractivity contribution in [3.05, 3.63) is 29.3 Å². The van der Waals surface area contributed by atoms with Crippen molar-refractivity contribution in [2.75, 3.05) is 6.61 Å². The van der Waals surface area contributed by atoms with Crippen molar-refractivity contribution in [1.29, 1.82) is 0 Å². The van der Waals surface area contributed by atoms with Gasteiger partial charge in [-0.1, -0.05) is 6.92 Å². The molecule has 1 aromatic carbocycles. The topological polar surface area (TPSA) is 26.3 Å². The van der Waals surface area contributed by atoms with Gasteiger partial charge in [0.05, 0.1) is 12.0 Å². The van der Waals surface area contributed by atoms with Crippen LogP contribution in [0.25, 0.3) is 0 Å². The molecule has 0 fully saturated rings. The fraction of sp³-hybridized carbons (Fsp3) is 0.462. The Morgan fingerprint density at radius 2 is 2.19 bits per heavy atom. The summed E-state index contributed by atoms with van der Waals surface area (Å²) in [6, 6.07) is 5.42. The van der Waals surface area contributed by atoms with Crippen LogP contribution in [0.4, 0.5) is 0 Å². The maximum atomic E-state index is 11.6. The molecule has 0 heterocycles. The van der Waals surface area contributed by atoms with Gasteiger partial charge in [-0.05, 0) is 44.0 Å². The molecule has 0 radical (unpaired) electrons. The smallest absolute Gasteiger partial charge is 0.180 e. The lowest BCUT2D eigenvalue weighted by Gasteiger charge is -2.10. The van der Waals surface area contributed by atoms with Gasteiger partial charge in [0.15, 0.2) is 5.78 Å². The highest BCUT2D eigenvalue weighted by molar-refractivity contribution is 6.33. The van der Waals surface area contributed by atoms with Crippen LogP contribution >= 0.6 is 11.6 Å². The first kappa shape index (κ1) is 13.0. The maximum absolute atomic E-state index is 11.6. The Labute approximate surface area is 102 Å². The number of benzene rings is 1. The quantitative estimate of drug-likeness (QED) is 0.581. The molecule has 2 nitrogen and oxygen atoms in total. The predicted octanol–water partition coefficient (Wildman–Crippen LogP) is 3.59. The number of Topliss-reactive ketones (excluding diaryl/α,β-unsaturated/α-hetero) is 1. The molecule has 88 valence electrons. The van der Waals surface area contributed by atoms with Crippen molar-refractivity contribution in [3.8, 4) is 5.75 Å². The number of carbonyl (C=O) groups is 1. The molecular formula is C13H17ClO2. The molecule has 0 spiro atoms. The van der Waals surface area contributed by atoms with E-state index in [2.05, 4.69) is 6.92 Å². The first-order chi connectivity index (χ1) is 7.56. The van der Waals surface area contributed by atoms with E-state index in [9.17, 15) is 4.79 Å². The highest BCUT2D eigenvalue weighted by atomic mass is 35.5. The number of hydrogen-bond acceptors (Lipinski definition) is 2. The average Bonchev–Trinajstić information content (AvgIpc) is 2.26. The first-order valence-electron chi connectivity index (χ1n) is 5.48. The summed E-state index contributed by atoms with van der Waals surface area (Å²) in [5.74, 6) is 0.785. The lowest BCUT2D eigenvalue weighted by molar-refractivity contribution is 0.0991. The monoisotopic (exact) mass is 240 g/mol. The van der Waals surface area contributed by atoms with Gasteiger partial charge >= 0.3 is 0 Å². The van der Waals surface area contributed by atoms with Crippen LogP contribution in [-0.2, 0) is 0 Å². The summed E-state index contributed by atoms with van der Waals surface area (Å²) >= 11 is 5.76. The molecule has 0 aromatic heterocycles. The fourth-order valence-electron chi connectivity index (χ4n) is 1.41. The molecule has 1 unspecified atom stereocenters. The van der Waals surface area contributed by atoms with Crippen LogP contribution in [0.1, 0.15) is 36.2 Å². The van der Waals surface area contributed by atoms with Crippen molar-refractivity contribution in [2.45, 2.75) is 32.6 Å². The van der Waals surface area contributed by atoms with Crippen LogP contribution in [0, 0.1) is 6.92 Å². The van der Waals surface area contributed by atoms with Gasteiger partial charge in [-0.25, -0.2) is 0 Å². The number of carbonyl (C=O) groups excluding carboxylic acids is 1. The van der Waals surface area contributed by atoms with Crippen LogP contribution in [-0.4, -0.2) is 17.8 Å². The third-order valence-corrected chi connectivity index (χ3v) is 2.48. The molecule has 0 aliphatic heterocycles. The molecule has 0 saturated carbocycles. The standard InChI is InChI=1S/C13H17ClO2/c1-4-7-16-12-6-5-11(8-9(12)2)13(15)10(3)14/h5-6,8,10H,4,7H2,1-3H3. The average molecular weight is 241 g/mol. The molecule has 0 N–H and O–H groups in total. The van der Waals surface area contributed by atoms with E-state index in [-0.39, 0.29) is 5.78 Å². The molecule has 0 aliphatic carbocycles. The minimum Gasteiger partial charge on any atom is -0.493 e. The van der Waals surface area contributed by atoms with Crippen LogP contribution in [0.5, 0.6) is 5.75 Å². The molecule has 0 saturated heterocycles. The summed E-state index contributed by atoms with van der Waals surface area (Å²) in [7, 11) is 0. The number of aryl methyl sites for hydroxylation is 1. The van der Waals surface area contributed by atoms with Crippen LogP contribution in [0.15, 0.2) is 18.2 Å². The molecule has 16 heavy (non-hydrogen) atoms. The van der Waals surface area contributed by atoms with E-state index < -0.39 is 5.38 Å². The number of hydrogen-bond donors (Lipinski definition) is 0. The lowest BCUT2D eigenvalue weighted by Crippen LogP contribution is -2.10. The van der Waals surface area contributed by atoms with Gasteiger partial charge in [0.25, 0.3) is 0 Å². The second kappa shape index (κ2) is 5.90. The van der Waals surface area contributed by atoms with E-state index >= 15 is 0 Å². The second-order valence-corrected chi connectivity index (χ2v) is 4.46. The summed E-state index contributed by atoms with van der Waals surface area (Å²) in [4.78, 5) is 11.6. The summed E-state index contributed by atoms with van der Waals surface area (Å²) < 4.78 is 5.54. The normalized spacial score (nSPS) is 12.2. The number of rotatable bonds is 5. The Morgan fingerprint density at radius 1 is 1.50 bits per heavy atom. The minimum atomic E-state index is -0.484. The van der Waals surface area contributed by atoms with E-state index in [4.69, 9.17) is 16.3 Å². The third-order valence-electron chi connectivity index (χ3n) is 2.28. The van der Waals surface area contributed by atoms with Crippen molar-refractivity contribution in [1.82, 2.24) is 0 Å². The van der Waals surface area contributed by atoms with E-state index in [1.165, 1.54) is 0 Å². The van der Waals surface area contributed by atoms with Crippen LogP contribution in [0.2, 0.25) is 0 Å². The number of ether oxygens (including phenoxy) is 1. The van der Waals surface area contributed by atoms with E-state index in [0.717, 1.165) is 17.7 Å². The Balaban J connectivity index is 2.86. The third kappa shape index (κ3) is 3.24. The minimum absolute atomic E-state index is 0.0493. The van der Waals surface area contributed by atoms with E-state index in [0.29, 0.717) is 12.2 Å². The Bertz CT molecular complexity index is 372. The molecule has 1 rings (SSSR count). The molecule has 0 aliphatic rings. The highest BCUT2D eigenvalue weighted by Gasteiger charge is 2.13.